The van der Waals surface area contributed by atoms with Gasteiger partial charge in [0.25, 0.3) is 5.91 Å². The van der Waals surface area contributed by atoms with Crippen molar-refractivity contribution in [1.82, 2.24) is 9.80 Å². The van der Waals surface area contributed by atoms with E-state index in [-0.39, 0.29) is 17.2 Å². The summed E-state index contributed by atoms with van der Waals surface area (Å²) in [6, 6.07) is 1.83. The Morgan fingerprint density at radius 1 is 1.28 bits per heavy atom. The van der Waals surface area contributed by atoms with Crippen molar-refractivity contribution in [3.05, 3.63) is 23.2 Å². The van der Waals surface area contributed by atoms with Crippen LogP contribution in [0.3, 0.4) is 0 Å². The van der Waals surface area contributed by atoms with Crippen molar-refractivity contribution in [3.8, 4) is 0 Å². The summed E-state index contributed by atoms with van der Waals surface area (Å²) in [4.78, 5) is 28.7. The molecule has 6 nitrogen and oxygen atoms in total. The Balaban J connectivity index is 1.62. The summed E-state index contributed by atoms with van der Waals surface area (Å²) >= 11 is 0. The lowest BCUT2D eigenvalue weighted by molar-refractivity contribution is -0.139. The monoisotopic (exact) mass is 348 g/mol. The molecule has 1 aromatic rings. The molecule has 0 radical (unpaired) electrons. The van der Waals surface area contributed by atoms with Gasteiger partial charge in [-0.05, 0) is 44.6 Å². The topological polar surface area (TPSA) is 63.0 Å². The molecule has 2 aliphatic rings. The van der Waals surface area contributed by atoms with E-state index in [0.717, 1.165) is 44.7 Å². The number of ether oxygens (including phenoxy) is 1. The summed E-state index contributed by atoms with van der Waals surface area (Å²) in [6.45, 7) is 7.22. The molecule has 0 N–H and O–H groups in total. The minimum atomic E-state index is 0.0623. The second kappa shape index (κ2) is 7.20. The van der Waals surface area contributed by atoms with E-state index in [2.05, 4.69) is 0 Å². The van der Waals surface area contributed by atoms with Gasteiger partial charge >= 0.3 is 0 Å². The van der Waals surface area contributed by atoms with Gasteiger partial charge in [-0.25, -0.2) is 0 Å². The molecule has 2 fully saturated rings. The smallest absolute Gasteiger partial charge is 0.257 e. The van der Waals surface area contributed by atoms with Gasteiger partial charge in [-0.15, -0.1) is 0 Å². The normalized spacial score (nSPS) is 20.4. The van der Waals surface area contributed by atoms with Crippen LogP contribution >= 0.6 is 0 Å². The first-order valence-corrected chi connectivity index (χ1v) is 9.07. The fourth-order valence-electron chi connectivity index (χ4n) is 4.11. The van der Waals surface area contributed by atoms with Crippen LogP contribution in [0.25, 0.3) is 0 Å². The second-order valence-corrected chi connectivity index (χ2v) is 7.43. The van der Waals surface area contributed by atoms with E-state index in [0.29, 0.717) is 30.9 Å². The molecule has 6 heteroatoms. The second-order valence-electron chi connectivity index (χ2n) is 7.43. The number of rotatable bonds is 4. The van der Waals surface area contributed by atoms with E-state index in [1.165, 1.54) is 0 Å². The third kappa shape index (κ3) is 3.73. The zero-order chi connectivity index (χ0) is 18.0. The first kappa shape index (κ1) is 18.0. The van der Waals surface area contributed by atoms with Gasteiger partial charge in [0.1, 0.15) is 11.5 Å². The Kier molecular flexibility index (Phi) is 5.18. The van der Waals surface area contributed by atoms with Crippen LogP contribution in [-0.2, 0) is 9.53 Å². The Morgan fingerprint density at radius 2 is 2.00 bits per heavy atom. The lowest BCUT2D eigenvalue weighted by Crippen LogP contribution is -2.52. The van der Waals surface area contributed by atoms with Gasteiger partial charge in [0.05, 0.1) is 12.2 Å². The highest BCUT2D eigenvalue weighted by atomic mass is 16.5. The van der Waals surface area contributed by atoms with E-state index in [1.807, 2.05) is 29.7 Å². The molecule has 0 atom stereocenters. The Bertz CT molecular complexity index is 644. The molecule has 138 valence electrons. The largest absolute Gasteiger partial charge is 0.466 e. The number of amides is 2. The minimum absolute atomic E-state index is 0.0623. The first-order chi connectivity index (χ1) is 11.9. The van der Waals surface area contributed by atoms with Crippen molar-refractivity contribution >= 4 is 11.8 Å². The molecule has 0 aliphatic carbocycles. The molecule has 2 amide bonds. The third-order valence-electron chi connectivity index (χ3n) is 5.70. The van der Waals surface area contributed by atoms with Crippen molar-refractivity contribution in [1.29, 1.82) is 0 Å². The van der Waals surface area contributed by atoms with Crippen molar-refractivity contribution in [3.63, 3.8) is 0 Å². The summed E-state index contributed by atoms with van der Waals surface area (Å²) in [5, 5.41) is 0. The number of hydrogen-bond donors (Lipinski definition) is 0. The van der Waals surface area contributed by atoms with E-state index in [9.17, 15) is 9.59 Å². The fourth-order valence-corrected chi connectivity index (χ4v) is 4.11. The van der Waals surface area contributed by atoms with Gasteiger partial charge in [-0.1, -0.05) is 0 Å². The van der Waals surface area contributed by atoms with Crippen LogP contribution in [0.4, 0.5) is 0 Å². The first-order valence-electron chi connectivity index (χ1n) is 9.07. The molecule has 0 aromatic carbocycles. The molecule has 1 spiro atoms. The summed E-state index contributed by atoms with van der Waals surface area (Å²) in [5.41, 5.74) is 0.828. The molecule has 25 heavy (non-hydrogen) atoms. The summed E-state index contributed by atoms with van der Waals surface area (Å²) < 4.78 is 10.6. The maximum absolute atomic E-state index is 12.7. The van der Waals surface area contributed by atoms with Crippen molar-refractivity contribution < 1.29 is 18.7 Å². The number of methoxy groups -OCH3 is 1. The van der Waals surface area contributed by atoms with Crippen LogP contribution < -0.4 is 0 Å². The van der Waals surface area contributed by atoms with Crippen LogP contribution in [0.15, 0.2) is 10.5 Å². The molecule has 2 saturated heterocycles. The zero-order valence-electron chi connectivity index (χ0n) is 15.5. The molecule has 3 heterocycles. The SMILES string of the molecule is COCCN1CC2(CCC1=O)CCN(C(=O)c1cc(C)oc1C)CC2. The predicted octanol–water partition coefficient (Wildman–Crippen LogP) is 2.39. The number of piperidine rings is 2. The van der Waals surface area contributed by atoms with E-state index >= 15 is 0 Å². The molecule has 0 saturated carbocycles. The average molecular weight is 348 g/mol. The molecule has 2 aliphatic heterocycles. The lowest BCUT2D eigenvalue weighted by Gasteiger charge is -2.47. The Hall–Kier alpha value is -1.82. The highest BCUT2D eigenvalue weighted by molar-refractivity contribution is 5.95. The third-order valence-corrected chi connectivity index (χ3v) is 5.70. The van der Waals surface area contributed by atoms with Crippen LogP contribution in [0.2, 0.25) is 0 Å². The highest BCUT2D eigenvalue weighted by Crippen LogP contribution is 2.40. The van der Waals surface area contributed by atoms with Gasteiger partial charge in [0, 0.05) is 39.7 Å². The van der Waals surface area contributed by atoms with E-state index < -0.39 is 0 Å². The molecule has 0 bridgehead atoms. The van der Waals surface area contributed by atoms with Crippen LogP contribution in [0, 0.1) is 19.3 Å². The summed E-state index contributed by atoms with van der Waals surface area (Å²) in [6.07, 6.45) is 3.44. The number of carbonyl (C=O) groups is 2. The number of aryl methyl sites for hydroxylation is 2. The quantitative estimate of drug-likeness (QED) is 0.838. The van der Waals surface area contributed by atoms with Gasteiger partial charge in [0.15, 0.2) is 0 Å². The van der Waals surface area contributed by atoms with Crippen molar-refractivity contribution in [2.75, 3.05) is 39.9 Å². The predicted molar refractivity (Wildman–Crippen MR) is 93.4 cm³/mol. The number of carbonyl (C=O) groups excluding carboxylic acids is 2. The lowest BCUT2D eigenvalue weighted by atomic mass is 9.72. The number of likely N-dealkylation sites (tertiary alicyclic amines) is 2. The van der Waals surface area contributed by atoms with Crippen LogP contribution in [-0.4, -0.2) is 61.5 Å². The number of nitrogens with zero attached hydrogens (tertiary/aromatic N) is 2. The van der Waals surface area contributed by atoms with Crippen LogP contribution in [0.5, 0.6) is 0 Å². The number of furan rings is 1. The van der Waals surface area contributed by atoms with Crippen molar-refractivity contribution in [2.45, 2.75) is 39.5 Å². The molecule has 0 unspecified atom stereocenters. The summed E-state index contributed by atoms with van der Waals surface area (Å²) in [5.74, 6) is 1.75. The Morgan fingerprint density at radius 3 is 2.60 bits per heavy atom. The molecular weight excluding hydrogens is 320 g/mol. The van der Waals surface area contributed by atoms with Gasteiger partial charge in [-0.2, -0.15) is 0 Å². The minimum Gasteiger partial charge on any atom is -0.466 e. The molecule has 3 rings (SSSR count). The van der Waals surface area contributed by atoms with Gasteiger partial charge in [-0.3, -0.25) is 9.59 Å². The number of hydrogen-bond acceptors (Lipinski definition) is 4. The van der Waals surface area contributed by atoms with Crippen LogP contribution in [0.1, 0.15) is 47.6 Å². The fraction of sp³-hybridized carbons (Fsp3) is 0.684. The molecule has 1 aromatic heterocycles. The maximum atomic E-state index is 12.7. The standard InChI is InChI=1S/C19H28N2O4/c1-14-12-16(15(2)25-14)18(23)20-8-6-19(7-9-20)5-4-17(22)21(13-19)10-11-24-3/h12H,4-11,13H2,1-3H3. The van der Waals surface area contributed by atoms with Gasteiger partial charge in [0.2, 0.25) is 5.91 Å². The maximum Gasteiger partial charge on any atom is 0.257 e. The van der Waals surface area contributed by atoms with Gasteiger partial charge < -0.3 is 19.0 Å². The van der Waals surface area contributed by atoms with Crippen molar-refractivity contribution in [2.24, 2.45) is 5.41 Å². The average Bonchev–Trinajstić information content (AvgIpc) is 2.94. The zero-order valence-corrected chi connectivity index (χ0v) is 15.5. The summed E-state index contributed by atoms with van der Waals surface area (Å²) in [7, 11) is 1.66. The Labute approximate surface area is 149 Å². The van der Waals surface area contributed by atoms with E-state index in [4.69, 9.17) is 9.15 Å². The highest BCUT2D eigenvalue weighted by Gasteiger charge is 2.41. The molecular formula is C19H28N2O4. The van der Waals surface area contributed by atoms with E-state index in [1.54, 1.807) is 7.11 Å².